The highest BCUT2D eigenvalue weighted by Gasteiger charge is 2.34. The minimum Gasteiger partial charge on any atom is -0.469 e. The molecule has 2 aromatic carbocycles. The van der Waals surface area contributed by atoms with Crippen LogP contribution in [0.3, 0.4) is 0 Å². The van der Waals surface area contributed by atoms with Gasteiger partial charge in [0.05, 0.1) is 31.9 Å². The lowest BCUT2D eigenvalue weighted by Gasteiger charge is -2.16. The van der Waals surface area contributed by atoms with Gasteiger partial charge in [-0.2, -0.15) is 0 Å². The van der Waals surface area contributed by atoms with Crippen LogP contribution < -0.4 is 4.90 Å². The lowest BCUT2D eigenvalue weighted by Crippen LogP contribution is -2.29. The largest absolute Gasteiger partial charge is 0.469 e. The van der Waals surface area contributed by atoms with E-state index in [9.17, 15) is 14.4 Å². The lowest BCUT2D eigenvalue weighted by atomic mass is 9.98. The Labute approximate surface area is 169 Å². The number of amides is 1. The summed E-state index contributed by atoms with van der Waals surface area (Å²) in [6.07, 6.45) is 4.84. The fourth-order valence-corrected chi connectivity index (χ4v) is 3.18. The summed E-state index contributed by atoms with van der Waals surface area (Å²) < 4.78 is 9.37. The molecule has 0 fully saturated rings. The van der Waals surface area contributed by atoms with E-state index in [0.717, 1.165) is 5.56 Å². The third-order valence-corrected chi connectivity index (χ3v) is 4.59. The molecular formula is C23H21NO5. The average Bonchev–Trinajstić information content (AvgIpc) is 3.02. The van der Waals surface area contributed by atoms with E-state index in [1.807, 2.05) is 48.5 Å². The molecule has 1 aliphatic rings. The number of nitrogens with zero attached hydrogens (tertiary/aromatic N) is 1. The highest BCUT2D eigenvalue weighted by molar-refractivity contribution is 6.36. The van der Waals surface area contributed by atoms with Gasteiger partial charge in [-0.1, -0.05) is 42.5 Å². The van der Waals surface area contributed by atoms with Crippen LogP contribution in [-0.2, 0) is 23.9 Å². The number of carbonyl (C=O) groups is 3. The van der Waals surface area contributed by atoms with E-state index >= 15 is 0 Å². The van der Waals surface area contributed by atoms with Crippen molar-refractivity contribution in [3.8, 4) is 0 Å². The number of fused-ring (bicyclic) bond motifs is 1. The molecule has 1 aliphatic heterocycles. The summed E-state index contributed by atoms with van der Waals surface area (Å²) in [5.74, 6) is -1.07. The molecule has 0 aliphatic carbocycles. The SMILES string of the molecule is COC(=O)/C=C/c1cccc2c1/C(=C/c1ccccc1)C(=O)N2CCC(=O)OC. The Bertz CT molecular complexity index is 992. The van der Waals surface area contributed by atoms with Crippen LogP contribution in [0.5, 0.6) is 0 Å². The highest BCUT2D eigenvalue weighted by Crippen LogP contribution is 2.40. The van der Waals surface area contributed by atoms with Gasteiger partial charge in [-0.15, -0.1) is 0 Å². The number of hydrogen-bond acceptors (Lipinski definition) is 5. The Balaban J connectivity index is 2.08. The molecule has 1 amide bonds. The number of rotatable bonds is 6. The number of esters is 2. The van der Waals surface area contributed by atoms with Crippen LogP contribution in [0.2, 0.25) is 0 Å². The summed E-state index contributed by atoms with van der Waals surface area (Å²) in [5, 5.41) is 0. The predicted molar refractivity (Wildman–Crippen MR) is 111 cm³/mol. The summed E-state index contributed by atoms with van der Waals surface area (Å²) >= 11 is 0. The van der Waals surface area contributed by atoms with Crippen molar-refractivity contribution < 1.29 is 23.9 Å². The standard InChI is InChI=1S/C23H21NO5/c1-28-20(25)12-11-17-9-6-10-19-22(17)18(15-16-7-4-3-5-8-16)23(27)24(19)14-13-21(26)29-2/h3-12,15H,13-14H2,1-2H3/b12-11+,18-15-. The van der Waals surface area contributed by atoms with Gasteiger partial charge in [0.25, 0.3) is 5.91 Å². The molecule has 148 valence electrons. The first kappa shape index (κ1) is 20.1. The number of methoxy groups -OCH3 is 2. The van der Waals surface area contributed by atoms with Crippen molar-refractivity contribution in [2.45, 2.75) is 6.42 Å². The second kappa shape index (κ2) is 9.01. The molecule has 0 saturated carbocycles. The molecule has 0 unspecified atom stereocenters. The number of carbonyl (C=O) groups excluding carboxylic acids is 3. The summed E-state index contributed by atoms with van der Waals surface area (Å²) in [5.41, 5.74) is 3.49. The van der Waals surface area contributed by atoms with E-state index in [0.29, 0.717) is 22.4 Å². The van der Waals surface area contributed by atoms with Crippen molar-refractivity contribution in [2.24, 2.45) is 0 Å². The van der Waals surface area contributed by atoms with Gasteiger partial charge in [-0.3, -0.25) is 9.59 Å². The molecule has 0 bridgehead atoms. The van der Waals surface area contributed by atoms with Gasteiger partial charge >= 0.3 is 11.9 Å². The molecule has 0 saturated heterocycles. The molecule has 0 N–H and O–H groups in total. The topological polar surface area (TPSA) is 72.9 Å². The smallest absolute Gasteiger partial charge is 0.330 e. The first-order chi connectivity index (χ1) is 14.0. The molecule has 2 aromatic rings. The lowest BCUT2D eigenvalue weighted by molar-refractivity contribution is -0.140. The Morgan fingerprint density at radius 1 is 1.00 bits per heavy atom. The summed E-state index contributed by atoms with van der Waals surface area (Å²) in [6.45, 7) is 0.203. The zero-order valence-electron chi connectivity index (χ0n) is 16.3. The van der Waals surface area contributed by atoms with Gasteiger partial charge in [0.1, 0.15) is 0 Å². The summed E-state index contributed by atoms with van der Waals surface area (Å²) in [4.78, 5) is 37.9. The van der Waals surface area contributed by atoms with Crippen LogP contribution in [-0.4, -0.2) is 38.6 Å². The van der Waals surface area contributed by atoms with Gasteiger partial charge in [-0.05, 0) is 29.3 Å². The summed E-state index contributed by atoms with van der Waals surface area (Å²) in [6, 6.07) is 15.0. The van der Waals surface area contributed by atoms with Crippen LogP contribution in [0.4, 0.5) is 5.69 Å². The van der Waals surface area contributed by atoms with Crippen molar-refractivity contribution in [2.75, 3.05) is 25.7 Å². The zero-order valence-corrected chi connectivity index (χ0v) is 16.3. The minimum absolute atomic E-state index is 0.0858. The molecular weight excluding hydrogens is 370 g/mol. The van der Waals surface area contributed by atoms with Gasteiger partial charge < -0.3 is 14.4 Å². The number of benzene rings is 2. The first-order valence-electron chi connectivity index (χ1n) is 9.10. The maximum Gasteiger partial charge on any atom is 0.330 e. The fraction of sp³-hybridized carbons (Fsp3) is 0.174. The molecule has 0 aromatic heterocycles. The highest BCUT2D eigenvalue weighted by atomic mass is 16.5. The van der Waals surface area contributed by atoms with Crippen molar-refractivity contribution in [3.05, 3.63) is 71.3 Å². The van der Waals surface area contributed by atoms with Crippen molar-refractivity contribution in [1.82, 2.24) is 0 Å². The van der Waals surface area contributed by atoms with E-state index < -0.39 is 5.97 Å². The third kappa shape index (κ3) is 4.43. The molecule has 1 heterocycles. The van der Waals surface area contributed by atoms with Gasteiger partial charge in [0.15, 0.2) is 0 Å². The van der Waals surface area contributed by atoms with E-state index in [4.69, 9.17) is 4.74 Å². The first-order valence-corrected chi connectivity index (χ1v) is 9.10. The van der Waals surface area contributed by atoms with E-state index in [-0.39, 0.29) is 24.8 Å². The monoisotopic (exact) mass is 391 g/mol. The quantitative estimate of drug-likeness (QED) is 0.558. The second-order valence-corrected chi connectivity index (χ2v) is 6.35. The van der Waals surface area contributed by atoms with Crippen LogP contribution in [0.15, 0.2) is 54.6 Å². The van der Waals surface area contributed by atoms with Crippen molar-refractivity contribution in [1.29, 1.82) is 0 Å². The zero-order chi connectivity index (χ0) is 20.8. The average molecular weight is 391 g/mol. The Morgan fingerprint density at radius 3 is 2.45 bits per heavy atom. The van der Waals surface area contributed by atoms with Crippen molar-refractivity contribution >= 4 is 41.3 Å². The van der Waals surface area contributed by atoms with E-state index in [1.54, 1.807) is 17.0 Å². The minimum atomic E-state index is -0.483. The molecule has 6 nitrogen and oxygen atoms in total. The molecule has 0 atom stereocenters. The normalized spacial score (nSPS) is 14.3. The molecule has 29 heavy (non-hydrogen) atoms. The second-order valence-electron chi connectivity index (χ2n) is 6.35. The number of anilines is 1. The maximum atomic E-state index is 13.2. The van der Waals surface area contributed by atoms with Crippen molar-refractivity contribution in [3.63, 3.8) is 0 Å². The van der Waals surface area contributed by atoms with Crippen LogP contribution >= 0.6 is 0 Å². The molecule has 0 spiro atoms. The third-order valence-electron chi connectivity index (χ3n) is 4.59. The fourth-order valence-electron chi connectivity index (χ4n) is 3.18. The van der Waals surface area contributed by atoms with E-state index in [2.05, 4.69) is 4.74 Å². The van der Waals surface area contributed by atoms with Crippen LogP contribution in [0.1, 0.15) is 23.1 Å². The van der Waals surface area contributed by atoms with E-state index in [1.165, 1.54) is 20.3 Å². The summed E-state index contributed by atoms with van der Waals surface area (Å²) in [7, 11) is 2.62. The molecule has 3 rings (SSSR count). The Hall–Kier alpha value is -3.67. The van der Waals surface area contributed by atoms with Crippen LogP contribution in [0, 0.1) is 0 Å². The van der Waals surface area contributed by atoms with Gasteiger partial charge in [-0.25, -0.2) is 4.79 Å². The van der Waals surface area contributed by atoms with Gasteiger partial charge in [0, 0.05) is 18.2 Å². The Morgan fingerprint density at radius 2 is 1.76 bits per heavy atom. The van der Waals surface area contributed by atoms with Gasteiger partial charge in [0.2, 0.25) is 0 Å². The molecule has 6 heteroatoms. The Kier molecular flexibility index (Phi) is 6.24. The predicted octanol–water partition coefficient (Wildman–Crippen LogP) is 3.32. The molecule has 0 radical (unpaired) electrons. The number of ether oxygens (including phenoxy) is 2. The van der Waals surface area contributed by atoms with Crippen LogP contribution in [0.25, 0.3) is 17.7 Å². The number of hydrogen-bond donors (Lipinski definition) is 0. The maximum absolute atomic E-state index is 13.2.